The Bertz CT molecular complexity index is 1140. The van der Waals surface area contributed by atoms with E-state index in [0.29, 0.717) is 30.3 Å². The normalized spacial score (nSPS) is 13.8. The summed E-state index contributed by atoms with van der Waals surface area (Å²) >= 11 is 0. The van der Waals surface area contributed by atoms with Gasteiger partial charge in [-0.15, -0.1) is 0 Å². The number of rotatable bonds is 8. The summed E-state index contributed by atoms with van der Waals surface area (Å²) in [6.45, 7) is 2.10. The van der Waals surface area contributed by atoms with Crippen molar-refractivity contribution >= 4 is 17.8 Å². The Morgan fingerprint density at radius 1 is 1.27 bits per heavy atom. The lowest BCUT2D eigenvalue weighted by atomic mass is 9.96. The van der Waals surface area contributed by atoms with Gasteiger partial charge in [-0.1, -0.05) is 18.2 Å². The molecule has 0 atom stereocenters. The molecule has 1 aliphatic rings. The average Bonchev–Trinajstić information content (AvgIpc) is 3.41. The first kappa shape index (κ1) is 22.1. The van der Waals surface area contributed by atoms with E-state index in [9.17, 15) is 4.79 Å². The van der Waals surface area contributed by atoms with Crippen molar-refractivity contribution in [1.29, 1.82) is 10.7 Å². The van der Waals surface area contributed by atoms with Gasteiger partial charge in [0.05, 0.1) is 11.8 Å². The Hall–Kier alpha value is -4.12. The van der Waals surface area contributed by atoms with Crippen LogP contribution in [0.3, 0.4) is 0 Å². The van der Waals surface area contributed by atoms with Crippen molar-refractivity contribution in [2.24, 2.45) is 5.92 Å². The van der Waals surface area contributed by atoms with Crippen LogP contribution in [0.2, 0.25) is 0 Å². The Kier molecular flexibility index (Phi) is 7.00. The number of hydrogen-bond donors (Lipinski definition) is 3. The standard InChI is InChI=1S/C25H26N6O2/c26-12-20-3-1-2-4-24(20)33-17-25(32)31-9-7-18(8-10-31)14-28-23-6-5-19(11-21(23)13-27)22-15-29-30-16-22/h1-6,11,13,15-16,18,27-28H,7-10,14,17H2,(H,29,30). The molecule has 0 radical (unpaired) electrons. The largest absolute Gasteiger partial charge is 0.482 e. The number of nitrogens with zero attached hydrogens (tertiary/aromatic N) is 3. The molecule has 1 saturated heterocycles. The molecule has 8 nitrogen and oxygen atoms in total. The predicted octanol–water partition coefficient (Wildman–Crippen LogP) is 3.68. The third kappa shape index (κ3) is 5.39. The molecule has 0 aliphatic carbocycles. The van der Waals surface area contributed by atoms with E-state index in [1.165, 1.54) is 6.21 Å². The highest BCUT2D eigenvalue weighted by molar-refractivity contribution is 5.88. The van der Waals surface area contributed by atoms with Gasteiger partial charge in [0.1, 0.15) is 11.8 Å². The zero-order valence-corrected chi connectivity index (χ0v) is 18.3. The second-order valence-electron chi connectivity index (χ2n) is 8.04. The van der Waals surface area contributed by atoms with Crippen molar-refractivity contribution in [3.8, 4) is 22.9 Å². The average molecular weight is 443 g/mol. The first-order chi connectivity index (χ1) is 16.2. The smallest absolute Gasteiger partial charge is 0.260 e. The Labute approximate surface area is 192 Å². The van der Waals surface area contributed by atoms with Crippen LogP contribution in [0.25, 0.3) is 11.1 Å². The van der Waals surface area contributed by atoms with Crippen LogP contribution >= 0.6 is 0 Å². The molecular weight excluding hydrogens is 416 g/mol. The number of aromatic amines is 1. The van der Waals surface area contributed by atoms with Crippen molar-refractivity contribution in [3.05, 3.63) is 66.0 Å². The Morgan fingerprint density at radius 3 is 2.82 bits per heavy atom. The molecule has 3 aromatic rings. The van der Waals surface area contributed by atoms with Crippen molar-refractivity contribution in [1.82, 2.24) is 15.1 Å². The van der Waals surface area contributed by atoms with Gasteiger partial charge in [-0.3, -0.25) is 9.89 Å². The molecule has 2 aromatic carbocycles. The number of aromatic nitrogens is 2. The minimum Gasteiger partial charge on any atom is -0.482 e. The molecule has 1 aromatic heterocycles. The van der Waals surface area contributed by atoms with Gasteiger partial charge < -0.3 is 20.4 Å². The molecule has 1 amide bonds. The van der Waals surface area contributed by atoms with E-state index >= 15 is 0 Å². The lowest BCUT2D eigenvalue weighted by Crippen LogP contribution is -2.42. The van der Waals surface area contributed by atoms with E-state index in [0.717, 1.165) is 41.8 Å². The Morgan fingerprint density at radius 2 is 2.09 bits per heavy atom. The topological polar surface area (TPSA) is 118 Å². The number of hydrogen-bond acceptors (Lipinski definition) is 6. The third-order valence-electron chi connectivity index (χ3n) is 5.95. The predicted molar refractivity (Wildman–Crippen MR) is 126 cm³/mol. The van der Waals surface area contributed by atoms with Crippen molar-refractivity contribution in [3.63, 3.8) is 0 Å². The lowest BCUT2D eigenvalue weighted by Gasteiger charge is -2.32. The van der Waals surface area contributed by atoms with Gasteiger partial charge in [0.2, 0.25) is 0 Å². The van der Waals surface area contributed by atoms with Crippen molar-refractivity contribution in [2.75, 3.05) is 31.6 Å². The van der Waals surface area contributed by atoms with E-state index in [-0.39, 0.29) is 12.5 Å². The second-order valence-corrected chi connectivity index (χ2v) is 8.04. The first-order valence-corrected chi connectivity index (χ1v) is 10.9. The molecule has 0 bridgehead atoms. The van der Waals surface area contributed by atoms with Gasteiger partial charge in [0.15, 0.2) is 6.61 Å². The first-order valence-electron chi connectivity index (χ1n) is 10.9. The van der Waals surface area contributed by atoms with E-state index in [1.807, 2.05) is 29.3 Å². The van der Waals surface area contributed by atoms with Crippen LogP contribution in [-0.2, 0) is 4.79 Å². The monoisotopic (exact) mass is 442 g/mol. The number of anilines is 1. The maximum Gasteiger partial charge on any atom is 0.260 e. The quantitative estimate of drug-likeness (QED) is 0.460. The lowest BCUT2D eigenvalue weighted by molar-refractivity contribution is -0.134. The zero-order valence-electron chi connectivity index (χ0n) is 18.3. The molecule has 33 heavy (non-hydrogen) atoms. The highest BCUT2D eigenvalue weighted by Gasteiger charge is 2.23. The van der Waals surface area contributed by atoms with Crippen LogP contribution in [0.15, 0.2) is 54.9 Å². The number of carbonyl (C=O) groups excluding carboxylic acids is 1. The van der Waals surface area contributed by atoms with Gasteiger partial charge in [0, 0.05) is 48.9 Å². The van der Waals surface area contributed by atoms with Gasteiger partial charge in [-0.2, -0.15) is 10.4 Å². The summed E-state index contributed by atoms with van der Waals surface area (Å²) in [6, 6.07) is 15.0. The molecule has 8 heteroatoms. The fourth-order valence-corrected chi connectivity index (χ4v) is 3.99. The van der Waals surface area contributed by atoms with Crippen LogP contribution < -0.4 is 10.1 Å². The minimum absolute atomic E-state index is 0.0601. The van der Waals surface area contributed by atoms with Crippen LogP contribution in [0.1, 0.15) is 24.0 Å². The molecule has 168 valence electrons. The number of amides is 1. The highest BCUT2D eigenvalue weighted by atomic mass is 16.5. The van der Waals surface area contributed by atoms with Crippen LogP contribution in [0.5, 0.6) is 5.75 Å². The van der Waals surface area contributed by atoms with Crippen molar-refractivity contribution < 1.29 is 9.53 Å². The van der Waals surface area contributed by atoms with E-state index in [2.05, 4.69) is 21.6 Å². The summed E-state index contributed by atoms with van der Waals surface area (Å²) < 4.78 is 5.58. The van der Waals surface area contributed by atoms with Crippen molar-refractivity contribution in [2.45, 2.75) is 12.8 Å². The van der Waals surface area contributed by atoms with Crippen LogP contribution in [-0.4, -0.2) is 53.5 Å². The van der Waals surface area contributed by atoms with Crippen LogP contribution in [0, 0.1) is 22.7 Å². The fraction of sp³-hybridized carbons (Fsp3) is 0.280. The maximum absolute atomic E-state index is 12.5. The summed E-state index contributed by atoms with van der Waals surface area (Å²) in [4.78, 5) is 14.4. The number of benzene rings is 2. The third-order valence-corrected chi connectivity index (χ3v) is 5.95. The highest BCUT2D eigenvalue weighted by Crippen LogP contribution is 2.25. The van der Waals surface area contributed by atoms with E-state index < -0.39 is 0 Å². The second kappa shape index (κ2) is 10.5. The van der Waals surface area contributed by atoms with Crippen LogP contribution in [0.4, 0.5) is 5.69 Å². The molecule has 1 fully saturated rings. The van der Waals surface area contributed by atoms with Gasteiger partial charge in [-0.05, 0) is 48.6 Å². The van der Waals surface area contributed by atoms with E-state index in [1.54, 1.807) is 30.5 Å². The molecule has 0 spiro atoms. The number of nitrogens with one attached hydrogen (secondary N) is 3. The number of para-hydroxylation sites is 1. The van der Waals surface area contributed by atoms with E-state index in [4.69, 9.17) is 15.4 Å². The molecule has 0 saturated carbocycles. The number of likely N-dealkylation sites (tertiary alicyclic amines) is 1. The number of nitriles is 1. The summed E-state index contributed by atoms with van der Waals surface area (Å²) in [5, 5.41) is 27.2. The number of ether oxygens (including phenoxy) is 1. The number of carbonyl (C=O) groups is 1. The number of H-pyrrole nitrogens is 1. The van der Waals surface area contributed by atoms with Gasteiger partial charge in [0.25, 0.3) is 5.91 Å². The molecule has 0 unspecified atom stereocenters. The molecule has 2 heterocycles. The molecular formula is C25H26N6O2. The van der Waals surface area contributed by atoms with Gasteiger partial charge in [-0.25, -0.2) is 0 Å². The Balaban J connectivity index is 1.25. The summed E-state index contributed by atoms with van der Waals surface area (Å²) in [6.07, 6.45) is 6.76. The summed E-state index contributed by atoms with van der Waals surface area (Å²) in [5.41, 5.74) is 4.19. The molecule has 3 N–H and O–H groups in total. The molecule has 1 aliphatic heterocycles. The SMILES string of the molecule is N#Cc1ccccc1OCC(=O)N1CCC(CNc2ccc(-c3cn[nH]c3)cc2C=N)CC1. The molecule has 4 rings (SSSR count). The fourth-order valence-electron chi connectivity index (χ4n) is 3.99. The maximum atomic E-state index is 12.5. The minimum atomic E-state index is -0.0622. The van der Waals surface area contributed by atoms with Gasteiger partial charge >= 0.3 is 0 Å². The summed E-state index contributed by atoms with van der Waals surface area (Å²) in [7, 11) is 0. The zero-order chi connectivity index (χ0) is 23.0. The number of piperidine rings is 1. The summed E-state index contributed by atoms with van der Waals surface area (Å²) in [5.74, 6) is 0.824.